The van der Waals surface area contributed by atoms with Crippen LogP contribution in [0.4, 0.5) is 13.2 Å². The van der Waals surface area contributed by atoms with Crippen molar-refractivity contribution < 1.29 is 17.9 Å². The molecule has 128 valence electrons. The van der Waals surface area contributed by atoms with Gasteiger partial charge in [0.2, 0.25) is 0 Å². The lowest BCUT2D eigenvalue weighted by Gasteiger charge is -2.34. The average Bonchev–Trinajstić information content (AvgIpc) is 2.46. The Morgan fingerprint density at radius 2 is 2.04 bits per heavy atom. The number of hydrazine groups is 1. The first kappa shape index (κ1) is 17.7. The number of alkyl halides is 2. The molecule has 23 heavy (non-hydrogen) atoms. The molecule has 0 fully saturated rings. The van der Waals surface area contributed by atoms with Crippen LogP contribution >= 0.6 is 0 Å². The number of halogens is 3. The van der Waals surface area contributed by atoms with Crippen molar-refractivity contribution in [3.63, 3.8) is 0 Å². The van der Waals surface area contributed by atoms with Crippen molar-refractivity contribution in [1.29, 1.82) is 0 Å². The largest absolute Gasteiger partial charge is 0.492 e. The van der Waals surface area contributed by atoms with Gasteiger partial charge in [-0.2, -0.15) is 0 Å². The molecular weight excluding hydrogens is 305 g/mol. The Bertz CT molecular complexity index is 563. The molecule has 3 nitrogen and oxygen atoms in total. The van der Waals surface area contributed by atoms with Gasteiger partial charge in [-0.25, -0.2) is 18.6 Å². The molecule has 1 N–H and O–H groups in total. The van der Waals surface area contributed by atoms with Crippen LogP contribution in [0.5, 0.6) is 0 Å². The summed E-state index contributed by atoms with van der Waals surface area (Å²) < 4.78 is 45.6. The predicted octanol–water partition coefficient (Wildman–Crippen LogP) is 4.69. The highest BCUT2D eigenvalue weighted by Gasteiger charge is 2.23. The van der Waals surface area contributed by atoms with E-state index in [-0.39, 0.29) is 11.7 Å². The topological polar surface area (TPSA) is 24.5 Å². The first-order valence-corrected chi connectivity index (χ1v) is 7.86. The van der Waals surface area contributed by atoms with Crippen molar-refractivity contribution in [2.45, 2.75) is 52.2 Å². The Labute approximate surface area is 135 Å². The number of rotatable bonds is 6. The maximum absolute atomic E-state index is 14.2. The predicted molar refractivity (Wildman–Crippen MR) is 83.2 cm³/mol. The van der Waals surface area contributed by atoms with Gasteiger partial charge in [-0.05, 0) is 20.3 Å². The minimum atomic E-state index is -2.82. The van der Waals surface area contributed by atoms with Crippen LogP contribution in [-0.4, -0.2) is 17.7 Å². The summed E-state index contributed by atoms with van der Waals surface area (Å²) in [5.74, 6) is -0.0715. The second kappa shape index (κ2) is 7.73. The molecule has 2 rings (SSSR count). The summed E-state index contributed by atoms with van der Waals surface area (Å²) in [4.78, 5) is 0. The van der Waals surface area contributed by atoms with Crippen molar-refractivity contribution in [1.82, 2.24) is 10.4 Å². The van der Waals surface area contributed by atoms with Crippen LogP contribution < -0.4 is 5.43 Å². The van der Waals surface area contributed by atoms with E-state index in [1.165, 1.54) is 12.1 Å². The van der Waals surface area contributed by atoms with Gasteiger partial charge in [0.1, 0.15) is 17.7 Å². The normalized spacial score (nSPS) is 19.5. The smallest absolute Gasteiger partial charge is 0.266 e. The van der Waals surface area contributed by atoms with E-state index < -0.39 is 23.8 Å². The van der Waals surface area contributed by atoms with Crippen molar-refractivity contribution in [3.8, 4) is 0 Å². The zero-order valence-corrected chi connectivity index (χ0v) is 13.7. The maximum atomic E-state index is 14.2. The molecule has 0 radical (unpaired) electrons. The fourth-order valence-corrected chi connectivity index (χ4v) is 2.77. The summed E-state index contributed by atoms with van der Waals surface area (Å²) in [5.41, 5.74) is 2.82. The molecule has 0 saturated heterocycles. The van der Waals surface area contributed by atoms with Crippen LogP contribution in [0, 0.1) is 5.82 Å². The van der Waals surface area contributed by atoms with Gasteiger partial charge in [-0.1, -0.05) is 31.5 Å². The molecule has 1 aromatic rings. The van der Waals surface area contributed by atoms with E-state index in [0.29, 0.717) is 6.54 Å². The van der Waals surface area contributed by atoms with Gasteiger partial charge in [-0.3, -0.25) is 0 Å². The number of ether oxygens (including phenoxy) is 1. The number of nitrogens with one attached hydrogen (secondary N) is 1. The summed E-state index contributed by atoms with van der Waals surface area (Å²) in [6, 6.07) is 3.67. The third kappa shape index (κ3) is 4.41. The highest BCUT2D eigenvalue weighted by molar-refractivity contribution is 5.29. The van der Waals surface area contributed by atoms with E-state index in [1.54, 1.807) is 13.1 Å². The number of hydrogen-bond acceptors (Lipinski definition) is 3. The van der Waals surface area contributed by atoms with Crippen molar-refractivity contribution >= 4 is 0 Å². The fraction of sp³-hybridized carbons (Fsp3) is 0.529. The molecule has 0 bridgehead atoms. The van der Waals surface area contributed by atoms with Gasteiger partial charge in [0.15, 0.2) is 0 Å². The second-order valence-corrected chi connectivity index (χ2v) is 5.82. The highest BCUT2D eigenvalue weighted by atomic mass is 19.3. The Hall–Kier alpha value is -1.69. The van der Waals surface area contributed by atoms with Crippen LogP contribution in [0.15, 0.2) is 30.2 Å². The Morgan fingerprint density at radius 3 is 2.70 bits per heavy atom. The second-order valence-electron chi connectivity index (χ2n) is 5.82. The van der Waals surface area contributed by atoms with Crippen LogP contribution in [0.25, 0.3) is 0 Å². The number of nitrogens with zero attached hydrogens (tertiary/aromatic N) is 1. The Kier molecular flexibility index (Phi) is 5.93. The molecule has 0 spiro atoms. The Balaban J connectivity index is 2.11. The van der Waals surface area contributed by atoms with Crippen molar-refractivity contribution in [3.05, 3.63) is 47.1 Å². The minimum Gasteiger partial charge on any atom is -0.492 e. The molecule has 1 aliphatic heterocycles. The average molecular weight is 328 g/mol. The molecule has 0 saturated carbocycles. The van der Waals surface area contributed by atoms with Gasteiger partial charge in [0, 0.05) is 5.56 Å². The van der Waals surface area contributed by atoms with Gasteiger partial charge in [0.05, 0.1) is 24.4 Å². The molecule has 0 aromatic heterocycles. The number of allylic oxidation sites excluding steroid dienone is 1. The quantitative estimate of drug-likeness (QED) is 0.820. The van der Waals surface area contributed by atoms with Crippen LogP contribution in [-0.2, 0) is 4.74 Å². The fourth-order valence-electron chi connectivity index (χ4n) is 2.77. The standard InChI is InChI=1S/C17H23F3N2O/c1-4-6-13-10-22(9-11(2)23-13)21-12(3)14-7-5-8-15(16(14)18)17(19)20/h5,7-9,12-13,17,21H,4,6,10H2,1-3H3/t12?,13-/m1/s1. The van der Waals surface area contributed by atoms with E-state index in [9.17, 15) is 13.2 Å². The van der Waals surface area contributed by atoms with Gasteiger partial charge >= 0.3 is 0 Å². The first-order valence-electron chi connectivity index (χ1n) is 7.86. The molecule has 1 aromatic carbocycles. The SMILES string of the molecule is CCC[C@@H]1CN(NC(C)c2cccc(C(F)F)c2F)C=C(C)O1. The van der Waals surface area contributed by atoms with Crippen LogP contribution in [0.2, 0.25) is 0 Å². The van der Waals surface area contributed by atoms with E-state index in [4.69, 9.17) is 4.74 Å². The first-order chi connectivity index (χ1) is 10.9. The lowest BCUT2D eigenvalue weighted by molar-refractivity contribution is 0.0320. The lowest BCUT2D eigenvalue weighted by atomic mass is 10.0. The van der Waals surface area contributed by atoms with Gasteiger partial charge in [-0.15, -0.1) is 0 Å². The minimum absolute atomic E-state index is 0.0712. The summed E-state index contributed by atoms with van der Waals surface area (Å²) in [5, 5.41) is 1.85. The lowest BCUT2D eigenvalue weighted by Crippen LogP contribution is -2.44. The molecule has 1 unspecified atom stereocenters. The van der Waals surface area contributed by atoms with Gasteiger partial charge in [0.25, 0.3) is 6.43 Å². The third-order valence-electron chi connectivity index (χ3n) is 3.82. The summed E-state index contributed by atoms with van der Waals surface area (Å²) >= 11 is 0. The summed E-state index contributed by atoms with van der Waals surface area (Å²) in [7, 11) is 0. The molecule has 0 aliphatic carbocycles. The van der Waals surface area contributed by atoms with Crippen molar-refractivity contribution in [2.75, 3.05) is 6.54 Å². The molecule has 2 atom stereocenters. The van der Waals surface area contributed by atoms with E-state index >= 15 is 0 Å². The zero-order chi connectivity index (χ0) is 17.0. The summed E-state index contributed by atoms with van der Waals surface area (Å²) in [6.45, 7) is 6.33. The highest BCUT2D eigenvalue weighted by Crippen LogP contribution is 2.27. The third-order valence-corrected chi connectivity index (χ3v) is 3.82. The number of benzene rings is 1. The monoisotopic (exact) mass is 328 g/mol. The van der Waals surface area contributed by atoms with Crippen LogP contribution in [0.1, 0.15) is 57.2 Å². The van der Waals surface area contributed by atoms with Crippen LogP contribution in [0.3, 0.4) is 0 Å². The zero-order valence-electron chi connectivity index (χ0n) is 13.7. The molecular formula is C17H23F3N2O. The van der Waals surface area contributed by atoms with E-state index in [1.807, 2.05) is 11.9 Å². The van der Waals surface area contributed by atoms with E-state index in [2.05, 4.69) is 12.3 Å². The maximum Gasteiger partial charge on any atom is 0.266 e. The molecule has 1 heterocycles. The Morgan fingerprint density at radius 1 is 1.35 bits per heavy atom. The molecule has 0 amide bonds. The summed E-state index contributed by atoms with van der Waals surface area (Å²) in [6.07, 6.45) is 0.986. The van der Waals surface area contributed by atoms with E-state index in [0.717, 1.165) is 24.7 Å². The molecule has 1 aliphatic rings. The van der Waals surface area contributed by atoms with Gasteiger partial charge < -0.3 is 9.75 Å². The number of hydrogen-bond donors (Lipinski definition) is 1. The van der Waals surface area contributed by atoms with Crippen molar-refractivity contribution in [2.24, 2.45) is 0 Å². The molecule has 6 heteroatoms.